The summed E-state index contributed by atoms with van der Waals surface area (Å²) in [6.45, 7) is 10.9. The highest BCUT2D eigenvalue weighted by Crippen LogP contribution is 2.54. The number of methoxy groups -OCH3 is 4. The van der Waals surface area contributed by atoms with Gasteiger partial charge in [-0.3, -0.25) is 9.59 Å². The summed E-state index contributed by atoms with van der Waals surface area (Å²) >= 11 is 0. The first-order valence-electron chi connectivity index (χ1n) is 18.7. The molecule has 4 aromatic carbocycles. The van der Waals surface area contributed by atoms with Crippen LogP contribution in [0.4, 0.5) is 11.4 Å². The van der Waals surface area contributed by atoms with Crippen LogP contribution in [0.1, 0.15) is 61.1 Å². The van der Waals surface area contributed by atoms with E-state index in [-0.39, 0.29) is 56.7 Å². The number of fused-ring (bicyclic) bond motifs is 2. The average Bonchev–Trinajstić information content (AvgIpc) is 3.19. The summed E-state index contributed by atoms with van der Waals surface area (Å²) in [5.41, 5.74) is 4.13. The van der Waals surface area contributed by atoms with Crippen LogP contribution in [0.3, 0.4) is 0 Å². The highest BCUT2D eigenvalue weighted by atomic mass is 16.5. The number of carbonyl (C=O) groups excluding carboxylic acids is 2. The molecular weight excluding hydrogens is 741 g/mol. The van der Waals surface area contributed by atoms with Crippen LogP contribution in [0, 0.1) is 25.7 Å². The summed E-state index contributed by atoms with van der Waals surface area (Å²) in [5.74, 6) is -1.69. The molecule has 6 rings (SSSR count). The van der Waals surface area contributed by atoms with Gasteiger partial charge in [0.15, 0.2) is 11.5 Å². The summed E-state index contributed by atoms with van der Waals surface area (Å²) in [6, 6.07) is 13.7. The molecule has 12 heteroatoms. The molecule has 6 N–H and O–H groups in total. The fourth-order valence-electron chi connectivity index (χ4n) is 7.78. The summed E-state index contributed by atoms with van der Waals surface area (Å²) in [5, 5.41) is 53.9. The number of hydrogen-bond donors (Lipinski definition) is 6. The number of phenolic OH excluding ortho intramolecular Hbond substituents is 2. The molecular formula is C46H48N2O10. The molecule has 2 aliphatic rings. The van der Waals surface area contributed by atoms with Crippen molar-refractivity contribution in [2.45, 2.75) is 41.5 Å². The molecule has 12 nitrogen and oxygen atoms in total. The summed E-state index contributed by atoms with van der Waals surface area (Å²) < 4.78 is 21.8. The number of ketones is 2. The third kappa shape index (κ3) is 6.84. The van der Waals surface area contributed by atoms with Gasteiger partial charge in [0.25, 0.3) is 0 Å². The van der Waals surface area contributed by atoms with Crippen LogP contribution in [0.2, 0.25) is 0 Å². The molecule has 58 heavy (non-hydrogen) atoms. The van der Waals surface area contributed by atoms with Gasteiger partial charge < -0.3 is 50.0 Å². The molecule has 0 radical (unpaired) electrons. The number of benzene rings is 4. The smallest absolute Gasteiger partial charge is 0.229 e. The van der Waals surface area contributed by atoms with Gasteiger partial charge in [-0.05, 0) is 72.2 Å². The van der Waals surface area contributed by atoms with Crippen molar-refractivity contribution in [2.24, 2.45) is 11.8 Å². The van der Waals surface area contributed by atoms with Gasteiger partial charge in [-0.2, -0.15) is 0 Å². The number of allylic oxidation sites excluding steroid dienone is 4. The summed E-state index contributed by atoms with van der Waals surface area (Å²) in [6.07, 6.45) is 2.79. The summed E-state index contributed by atoms with van der Waals surface area (Å²) in [7, 11) is 6.04. The Balaban J connectivity index is 1.62. The van der Waals surface area contributed by atoms with Crippen LogP contribution in [0.25, 0.3) is 33.4 Å². The normalized spacial score (nSPS) is 15.3. The predicted molar refractivity (Wildman–Crippen MR) is 226 cm³/mol. The summed E-state index contributed by atoms with van der Waals surface area (Å²) in [4.78, 5) is 28.1. The average molecular weight is 789 g/mol. The first-order valence-corrected chi connectivity index (χ1v) is 18.7. The number of aliphatic hydroxyl groups excluding tert-OH is 2. The van der Waals surface area contributed by atoms with E-state index >= 15 is 0 Å². The fraction of sp³-hybridized carbons (Fsp3) is 0.261. The van der Waals surface area contributed by atoms with Crippen LogP contribution in [0.15, 0.2) is 72.4 Å². The van der Waals surface area contributed by atoms with E-state index in [0.29, 0.717) is 67.8 Å². The number of phenols is 2. The Labute approximate surface area is 337 Å². The minimum Gasteiger partial charge on any atom is -0.507 e. The third-order valence-corrected chi connectivity index (χ3v) is 10.5. The van der Waals surface area contributed by atoms with Crippen LogP contribution < -0.4 is 29.6 Å². The molecule has 0 fully saturated rings. The lowest BCUT2D eigenvalue weighted by Crippen LogP contribution is -2.20. The number of nitrogens with one attached hydrogen (secondary N) is 2. The van der Waals surface area contributed by atoms with Gasteiger partial charge in [-0.15, -0.1) is 0 Å². The van der Waals surface area contributed by atoms with Crippen molar-refractivity contribution in [3.63, 3.8) is 0 Å². The van der Waals surface area contributed by atoms with Gasteiger partial charge in [0, 0.05) is 57.9 Å². The van der Waals surface area contributed by atoms with Crippen molar-refractivity contribution in [1.29, 1.82) is 0 Å². The Morgan fingerprint density at radius 3 is 1.21 bits per heavy atom. The van der Waals surface area contributed by atoms with E-state index in [4.69, 9.17) is 18.9 Å². The van der Waals surface area contributed by atoms with Crippen molar-refractivity contribution in [3.05, 3.63) is 106 Å². The lowest BCUT2D eigenvalue weighted by atomic mass is 9.75. The monoisotopic (exact) mass is 788 g/mol. The molecule has 0 aromatic heterocycles. The van der Waals surface area contributed by atoms with Crippen LogP contribution >= 0.6 is 0 Å². The molecule has 4 aromatic rings. The van der Waals surface area contributed by atoms with Crippen LogP contribution in [0.5, 0.6) is 34.5 Å². The Bertz CT molecular complexity index is 2330. The van der Waals surface area contributed by atoms with Crippen molar-refractivity contribution in [2.75, 3.05) is 39.1 Å². The van der Waals surface area contributed by atoms with E-state index < -0.39 is 23.1 Å². The standard InChI is InChI=1S/C46H48N2O10/c1-21(2)35-27-15-23(5)37(43(51)39(27)29(41(49)45(35)53)19-47-31-17-25(55-7)11-13-33(31)57-9)38-24(6)16-28-36(22(3)4)46(54)42(50)30(40(28)44(38)52)20-48-32-18-26(56-8)12-14-34(32)58-10/h11-22,47-48,51-54H,1-10H3/b29-19-,30-20+. The van der Waals surface area contributed by atoms with Gasteiger partial charge >= 0.3 is 0 Å². The maximum atomic E-state index is 14.1. The number of Topliss-reactive ketones (excluding diaryl/α,β-unsaturated/α-hetero) is 2. The maximum Gasteiger partial charge on any atom is 0.229 e. The largest absolute Gasteiger partial charge is 0.507 e. The molecule has 0 saturated carbocycles. The molecule has 0 atom stereocenters. The first kappa shape index (κ1) is 40.8. The van der Waals surface area contributed by atoms with Gasteiger partial charge in [0.2, 0.25) is 11.6 Å². The molecule has 0 bridgehead atoms. The van der Waals surface area contributed by atoms with Crippen molar-refractivity contribution >= 4 is 45.2 Å². The number of rotatable bonds is 11. The SMILES string of the molecule is COc1ccc(OC)c(N/C=C2\C(=O)C(O)=C(C(C)C)c3cc(C)c(-c4c(C)cc5c(c4O)/C(=C\Nc4cc(OC)ccc4OC)C(=O)C(O)=C5C(C)C)c(O)c32)c1. The molecule has 0 amide bonds. The number of ether oxygens (including phenoxy) is 4. The lowest BCUT2D eigenvalue weighted by molar-refractivity contribution is -0.113. The van der Waals surface area contributed by atoms with E-state index in [1.165, 1.54) is 40.8 Å². The minimum atomic E-state index is -0.723. The molecule has 0 aliphatic heterocycles. The Morgan fingerprint density at radius 1 is 0.534 bits per heavy atom. The number of hydrogen-bond acceptors (Lipinski definition) is 12. The number of anilines is 2. The Morgan fingerprint density at radius 2 is 0.897 bits per heavy atom. The van der Waals surface area contributed by atoms with E-state index in [9.17, 15) is 30.0 Å². The second kappa shape index (κ2) is 16.0. The van der Waals surface area contributed by atoms with Gasteiger partial charge in [-0.25, -0.2) is 0 Å². The van der Waals surface area contributed by atoms with Crippen molar-refractivity contribution in [1.82, 2.24) is 0 Å². The number of aryl methyl sites for hydroxylation is 2. The molecule has 0 heterocycles. The van der Waals surface area contributed by atoms with E-state index in [1.807, 2.05) is 27.7 Å². The lowest BCUT2D eigenvalue weighted by Gasteiger charge is -2.29. The number of aromatic hydroxyl groups is 2. The molecule has 2 aliphatic carbocycles. The third-order valence-electron chi connectivity index (χ3n) is 10.5. The van der Waals surface area contributed by atoms with E-state index in [0.717, 1.165) is 0 Å². The Hall–Kier alpha value is -6.82. The van der Waals surface area contributed by atoms with Crippen molar-refractivity contribution in [3.8, 4) is 45.6 Å². The molecule has 0 spiro atoms. The first-order chi connectivity index (χ1) is 27.6. The van der Waals surface area contributed by atoms with Gasteiger partial charge in [-0.1, -0.05) is 39.8 Å². The quantitative estimate of drug-likeness (QED) is 0.0796. The zero-order valence-electron chi connectivity index (χ0n) is 34.2. The zero-order chi connectivity index (χ0) is 42.3. The predicted octanol–water partition coefficient (Wildman–Crippen LogP) is 9.34. The van der Waals surface area contributed by atoms with E-state index in [1.54, 1.807) is 62.4 Å². The number of aliphatic hydroxyl groups is 2. The molecule has 302 valence electrons. The van der Waals surface area contributed by atoms with Gasteiger partial charge in [0.05, 0.1) is 51.0 Å². The number of carbonyl (C=O) groups is 2. The fourth-order valence-corrected chi connectivity index (χ4v) is 7.78. The highest BCUT2D eigenvalue weighted by molar-refractivity contribution is 6.35. The van der Waals surface area contributed by atoms with Crippen molar-refractivity contribution < 1.29 is 49.0 Å². The topological polar surface area (TPSA) is 176 Å². The van der Waals surface area contributed by atoms with Crippen LogP contribution in [-0.2, 0) is 9.59 Å². The Kier molecular flexibility index (Phi) is 11.2. The maximum absolute atomic E-state index is 14.1. The van der Waals surface area contributed by atoms with E-state index in [2.05, 4.69) is 10.6 Å². The molecule has 0 saturated heterocycles. The highest BCUT2D eigenvalue weighted by Gasteiger charge is 2.38. The zero-order valence-corrected chi connectivity index (χ0v) is 34.2. The van der Waals surface area contributed by atoms with Gasteiger partial charge in [0.1, 0.15) is 34.5 Å². The molecule has 0 unspecified atom stereocenters. The second-order valence-corrected chi connectivity index (χ2v) is 14.7. The second-order valence-electron chi connectivity index (χ2n) is 14.7. The minimum absolute atomic E-state index is 0.0437. The van der Waals surface area contributed by atoms with Crippen LogP contribution in [-0.4, -0.2) is 60.4 Å².